The van der Waals surface area contributed by atoms with Crippen molar-refractivity contribution in [1.29, 1.82) is 0 Å². The summed E-state index contributed by atoms with van der Waals surface area (Å²) in [7, 11) is 1.45. The maximum Gasteiger partial charge on any atom is 0.344 e. The number of nitro benzene ring substituents is 1. The highest BCUT2D eigenvalue weighted by molar-refractivity contribution is 6.32. The molecule has 0 bridgehead atoms. The van der Waals surface area contributed by atoms with Crippen molar-refractivity contribution in [2.24, 2.45) is 0 Å². The van der Waals surface area contributed by atoms with Gasteiger partial charge in [-0.1, -0.05) is 11.6 Å². The highest BCUT2D eigenvalue weighted by Gasteiger charge is 2.13. The third-order valence-corrected chi connectivity index (χ3v) is 3.54. The van der Waals surface area contributed by atoms with Crippen LogP contribution < -0.4 is 9.47 Å². The van der Waals surface area contributed by atoms with Crippen LogP contribution in [0.1, 0.15) is 10.4 Å². The molecule has 0 unspecified atom stereocenters. The van der Waals surface area contributed by atoms with Crippen molar-refractivity contribution in [1.82, 2.24) is 0 Å². The van der Waals surface area contributed by atoms with Gasteiger partial charge in [0.2, 0.25) is 0 Å². The van der Waals surface area contributed by atoms with Crippen LogP contribution in [0.15, 0.2) is 42.5 Å². The lowest BCUT2D eigenvalue weighted by Crippen LogP contribution is -2.19. The summed E-state index contributed by atoms with van der Waals surface area (Å²) in [6.45, 7) is -0.903. The number of carbonyl (C=O) groups is 2. The number of ketones is 1. The number of hydrogen-bond acceptors (Lipinski definition) is 7. The molecule has 0 atom stereocenters. The highest BCUT2D eigenvalue weighted by atomic mass is 35.5. The molecule has 0 amide bonds. The summed E-state index contributed by atoms with van der Waals surface area (Å²) in [5.74, 6) is -0.493. The molecular formula is C17H14ClNO7. The van der Waals surface area contributed by atoms with E-state index in [1.54, 1.807) is 0 Å². The molecule has 0 saturated heterocycles. The van der Waals surface area contributed by atoms with E-state index in [4.69, 9.17) is 25.8 Å². The molecule has 0 saturated carbocycles. The fourth-order valence-electron chi connectivity index (χ4n) is 1.92. The van der Waals surface area contributed by atoms with Gasteiger partial charge in [0.25, 0.3) is 5.69 Å². The Hall–Kier alpha value is -3.13. The molecule has 0 heterocycles. The fraction of sp³-hybridized carbons (Fsp3) is 0.176. The molecule has 0 N–H and O–H groups in total. The first-order valence-corrected chi connectivity index (χ1v) is 7.68. The lowest BCUT2D eigenvalue weighted by Gasteiger charge is -2.08. The van der Waals surface area contributed by atoms with Crippen LogP contribution >= 0.6 is 11.6 Å². The maximum atomic E-state index is 12.0. The van der Waals surface area contributed by atoms with Crippen molar-refractivity contribution in [3.63, 3.8) is 0 Å². The Morgan fingerprint density at radius 1 is 1.12 bits per heavy atom. The standard InChI is InChI=1S/C17H14ClNO7/c1-24-16-7-2-11(8-14(16)18)15(20)9-26-17(21)10-25-13-5-3-12(4-6-13)19(22)23/h2-8H,9-10H2,1H3. The van der Waals surface area contributed by atoms with E-state index in [9.17, 15) is 19.7 Å². The number of halogens is 1. The molecule has 0 spiro atoms. The number of nitro groups is 1. The van der Waals surface area contributed by atoms with Crippen LogP contribution in [-0.2, 0) is 9.53 Å². The van der Waals surface area contributed by atoms with E-state index < -0.39 is 29.9 Å². The van der Waals surface area contributed by atoms with Gasteiger partial charge in [-0.3, -0.25) is 14.9 Å². The number of carbonyl (C=O) groups excluding carboxylic acids is 2. The zero-order valence-corrected chi connectivity index (χ0v) is 14.4. The number of esters is 1. The molecule has 2 aromatic carbocycles. The summed E-state index contributed by atoms with van der Waals surface area (Å²) >= 11 is 5.94. The van der Waals surface area contributed by atoms with Crippen LogP contribution in [0.4, 0.5) is 5.69 Å². The molecule has 0 aliphatic rings. The molecule has 0 aromatic heterocycles. The molecule has 26 heavy (non-hydrogen) atoms. The summed E-state index contributed by atoms with van der Waals surface area (Å²) < 4.78 is 15.0. The number of non-ortho nitro benzene ring substituents is 1. The number of hydrogen-bond donors (Lipinski definition) is 0. The van der Waals surface area contributed by atoms with Crippen molar-refractivity contribution in [2.75, 3.05) is 20.3 Å². The Morgan fingerprint density at radius 3 is 2.38 bits per heavy atom. The Morgan fingerprint density at radius 2 is 1.81 bits per heavy atom. The first kappa shape index (κ1) is 19.2. The second kappa shape index (κ2) is 8.82. The van der Waals surface area contributed by atoms with Crippen molar-refractivity contribution in [3.05, 3.63) is 63.2 Å². The molecule has 0 aliphatic heterocycles. The molecule has 8 nitrogen and oxygen atoms in total. The van der Waals surface area contributed by atoms with Crippen LogP contribution in [0.25, 0.3) is 0 Å². The van der Waals surface area contributed by atoms with Gasteiger partial charge in [-0.25, -0.2) is 4.79 Å². The predicted molar refractivity (Wildman–Crippen MR) is 91.9 cm³/mol. The fourth-order valence-corrected chi connectivity index (χ4v) is 2.17. The number of Topliss-reactive ketones (excluding diaryl/α,β-unsaturated/α-hetero) is 1. The summed E-state index contributed by atoms with van der Waals surface area (Å²) in [6.07, 6.45) is 0. The lowest BCUT2D eigenvalue weighted by atomic mass is 10.1. The Labute approximate surface area is 153 Å². The maximum absolute atomic E-state index is 12.0. The second-order valence-corrected chi connectivity index (χ2v) is 5.38. The monoisotopic (exact) mass is 379 g/mol. The van der Waals surface area contributed by atoms with Crippen molar-refractivity contribution in [3.8, 4) is 11.5 Å². The second-order valence-electron chi connectivity index (χ2n) is 4.97. The number of nitrogens with zero attached hydrogens (tertiary/aromatic N) is 1. The van der Waals surface area contributed by atoms with E-state index in [1.807, 2.05) is 0 Å². The van der Waals surface area contributed by atoms with Gasteiger partial charge >= 0.3 is 5.97 Å². The van der Waals surface area contributed by atoms with Gasteiger partial charge in [0, 0.05) is 17.7 Å². The molecule has 0 radical (unpaired) electrons. The quantitative estimate of drug-likeness (QED) is 0.300. The third kappa shape index (κ3) is 5.18. The topological polar surface area (TPSA) is 105 Å². The van der Waals surface area contributed by atoms with E-state index in [-0.39, 0.29) is 22.0 Å². The lowest BCUT2D eigenvalue weighted by molar-refractivity contribution is -0.384. The molecule has 136 valence electrons. The SMILES string of the molecule is COc1ccc(C(=O)COC(=O)COc2ccc([N+](=O)[O-])cc2)cc1Cl. The third-order valence-electron chi connectivity index (χ3n) is 3.24. The molecule has 2 aromatic rings. The van der Waals surface area contributed by atoms with Crippen LogP contribution in [0.5, 0.6) is 11.5 Å². The van der Waals surface area contributed by atoms with E-state index in [0.717, 1.165) is 0 Å². The number of rotatable bonds is 8. The average molecular weight is 380 g/mol. The normalized spacial score (nSPS) is 10.1. The van der Waals surface area contributed by atoms with E-state index >= 15 is 0 Å². The molecule has 0 aliphatic carbocycles. The predicted octanol–water partition coefficient (Wildman–Crippen LogP) is 3.06. The van der Waals surface area contributed by atoms with Crippen LogP contribution in [0.3, 0.4) is 0 Å². The summed E-state index contributed by atoms with van der Waals surface area (Å²) in [5, 5.41) is 10.8. The Bertz CT molecular complexity index is 820. The van der Waals surface area contributed by atoms with E-state index in [2.05, 4.69) is 0 Å². The van der Waals surface area contributed by atoms with Crippen LogP contribution in [-0.4, -0.2) is 37.0 Å². The van der Waals surface area contributed by atoms with Gasteiger partial charge < -0.3 is 14.2 Å². The number of methoxy groups -OCH3 is 1. The summed E-state index contributed by atoms with van der Waals surface area (Å²) in [6, 6.07) is 9.67. The average Bonchev–Trinajstić information content (AvgIpc) is 2.64. The molecule has 0 fully saturated rings. The minimum absolute atomic E-state index is 0.0938. The summed E-state index contributed by atoms with van der Waals surface area (Å²) in [5.41, 5.74) is 0.184. The molecule has 9 heteroatoms. The minimum atomic E-state index is -0.753. The first-order valence-electron chi connectivity index (χ1n) is 7.30. The van der Waals surface area contributed by atoms with E-state index in [1.165, 1.54) is 49.6 Å². The Balaban J connectivity index is 1.81. The first-order chi connectivity index (χ1) is 12.4. The van der Waals surface area contributed by atoms with Crippen molar-refractivity contribution >= 4 is 29.0 Å². The van der Waals surface area contributed by atoms with Gasteiger partial charge in [0.1, 0.15) is 11.5 Å². The largest absolute Gasteiger partial charge is 0.495 e. The van der Waals surface area contributed by atoms with E-state index in [0.29, 0.717) is 5.75 Å². The molecular weight excluding hydrogens is 366 g/mol. The van der Waals surface area contributed by atoms with Gasteiger partial charge in [-0.15, -0.1) is 0 Å². The van der Waals surface area contributed by atoms with Crippen molar-refractivity contribution < 1.29 is 28.7 Å². The van der Waals surface area contributed by atoms with Crippen molar-refractivity contribution in [2.45, 2.75) is 0 Å². The number of benzene rings is 2. The van der Waals surface area contributed by atoms with Gasteiger partial charge in [-0.05, 0) is 30.3 Å². The Kier molecular flexibility index (Phi) is 6.51. The van der Waals surface area contributed by atoms with Crippen LogP contribution in [0.2, 0.25) is 5.02 Å². The zero-order chi connectivity index (χ0) is 19.1. The molecule has 2 rings (SSSR count). The smallest absolute Gasteiger partial charge is 0.344 e. The number of ether oxygens (including phenoxy) is 3. The van der Waals surface area contributed by atoms with Gasteiger partial charge in [-0.2, -0.15) is 0 Å². The minimum Gasteiger partial charge on any atom is -0.495 e. The van der Waals surface area contributed by atoms with Gasteiger partial charge in [0.05, 0.1) is 17.1 Å². The highest BCUT2D eigenvalue weighted by Crippen LogP contribution is 2.25. The zero-order valence-electron chi connectivity index (χ0n) is 13.6. The van der Waals surface area contributed by atoms with Gasteiger partial charge in [0.15, 0.2) is 19.0 Å². The van der Waals surface area contributed by atoms with Crippen LogP contribution in [0, 0.1) is 10.1 Å². The summed E-state index contributed by atoms with van der Waals surface area (Å²) in [4.78, 5) is 33.6.